The van der Waals surface area contributed by atoms with E-state index in [4.69, 9.17) is 0 Å². The van der Waals surface area contributed by atoms with E-state index in [1.165, 1.54) is 7.11 Å². The standard InChI is InChI=1S/C18H17N5O2/c1-25-17(24)14-2-4-15(5-3-14)22-18-20-11-8-16(23-18)21-12-13-6-9-19-10-7-13/h2-11H,12H2,1H3,(H2,20,21,22,23). The number of nitrogens with zero attached hydrogens (tertiary/aromatic N) is 3. The number of esters is 1. The van der Waals surface area contributed by atoms with Crippen LogP contribution in [0.15, 0.2) is 61.1 Å². The first kappa shape index (κ1) is 16.4. The maximum atomic E-state index is 11.4. The summed E-state index contributed by atoms with van der Waals surface area (Å²) in [6.07, 6.45) is 5.18. The van der Waals surface area contributed by atoms with E-state index < -0.39 is 0 Å². The van der Waals surface area contributed by atoms with Crippen LogP contribution in [0.4, 0.5) is 17.5 Å². The lowest BCUT2D eigenvalue weighted by Crippen LogP contribution is -2.04. The zero-order valence-corrected chi connectivity index (χ0v) is 13.6. The van der Waals surface area contributed by atoms with E-state index in [2.05, 4.69) is 30.3 Å². The number of anilines is 3. The molecule has 25 heavy (non-hydrogen) atoms. The van der Waals surface area contributed by atoms with Crippen molar-refractivity contribution in [1.82, 2.24) is 15.0 Å². The molecule has 0 bridgehead atoms. The van der Waals surface area contributed by atoms with Crippen LogP contribution >= 0.6 is 0 Å². The molecule has 0 saturated heterocycles. The van der Waals surface area contributed by atoms with Gasteiger partial charge in [-0.05, 0) is 48.0 Å². The Labute approximate surface area is 145 Å². The Morgan fingerprint density at radius 2 is 1.80 bits per heavy atom. The second kappa shape index (κ2) is 7.87. The largest absolute Gasteiger partial charge is 0.465 e. The van der Waals surface area contributed by atoms with Gasteiger partial charge in [0.1, 0.15) is 5.82 Å². The summed E-state index contributed by atoms with van der Waals surface area (Å²) in [6, 6.07) is 12.6. The molecule has 2 N–H and O–H groups in total. The van der Waals surface area contributed by atoms with Gasteiger partial charge in [-0.25, -0.2) is 9.78 Å². The molecule has 0 radical (unpaired) electrons. The van der Waals surface area contributed by atoms with Gasteiger partial charge >= 0.3 is 5.97 Å². The highest BCUT2D eigenvalue weighted by molar-refractivity contribution is 5.89. The van der Waals surface area contributed by atoms with Gasteiger partial charge in [0.15, 0.2) is 0 Å². The summed E-state index contributed by atoms with van der Waals surface area (Å²) in [5.74, 6) is 0.802. The SMILES string of the molecule is COC(=O)c1ccc(Nc2nccc(NCc3ccncc3)n2)cc1. The summed E-state index contributed by atoms with van der Waals surface area (Å²) in [7, 11) is 1.35. The highest BCUT2D eigenvalue weighted by Crippen LogP contribution is 2.16. The van der Waals surface area contributed by atoms with E-state index in [-0.39, 0.29) is 5.97 Å². The Kier molecular flexibility index (Phi) is 5.16. The molecule has 0 unspecified atom stereocenters. The molecule has 0 atom stereocenters. The molecule has 0 amide bonds. The van der Waals surface area contributed by atoms with E-state index in [0.29, 0.717) is 23.9 Å². The first-order valence-corrected chi connectivity index (χ1v) is 7.66. The van der Waals surface area contributed by atoms with Crippen molar-refractivity contribution in [3.05, 3.63) is 72.2 Å². The number of carbonyl (C=O) groups is 1. The van der Waals surface area contributed by atoms with Crippen LogP contribution in [0.1, 0.15) is 15.9 Å². The first-order chi connectivity index (χ1) is 12.2. The lowest BCUT2D eigenvalue weighted by Gasteiger charge is -2.09. The predicted molar refractivity (Wildman–Crippen MR) is 94.7 cm³/mol. The second-order valence-electron chi connectivity index (χ2n) is 5.17. The molecular formula is C18H17N5O2. The molecular weight excluding hydrogens is 318 g/mol. The summed E-state index contributed by atoms with van der Waals surface area (Å²) in [6.45, 7) is 0.646. The second-order valence-corrected chi connectivity index (χ2v) is 5.17. The summed E-state index contributed by atoms with van der Waals surface area (Å²) < 4.78 is 4.68. The number of benzene rings is 1. The van der Waals surface area contributed by atoms with E-state index >= 15 is 0 Å². The van der Waals surface area contributed by atoms with E-state index in [0.717, 1.165) is 11.3 Å². The van der Waals surface area contributed by atoms with Crippen molar-refractivity contribution < 1.29 is 9.53 Å². The van der Waals surface area contributed by atoms with Crippen molar-refractivity contribution in [3.63, 3.8) is 0 Å². The maximum absolute atomic E-state index is 11.4. The Morgan fingerprint density at radius 3 is 2.52 bits per heavy atom. The Morgan fingerprint density at radius 1 is 1.04 bits per heavy atom. The van der Waals surface area contributed by atoms with Crippen LogP contribution in [-0.2, 0) is 11.3 Å². The molecule has 126 valence electrons. The van der Waals surface area contributed by atoms with Gasteiger partial charge in [0, 0.05) is 30.8 Å². The zero-order chi connectivity index (χ0) is 17.5. The molecule has 0 aliphatic heterocycles. The number of carbonyl (C=O) groups excluding carboxylic acids is 1. The number of ether oxygens (including phenoxy) is 1. The molecule has 0 spiro atoms. The molecule has 2 aromatic heterocycles. The summed E-state index contributed by atoms with van der Waals surface area (Å²) >= 11 is 0. The molecule has 3 rings (SSSR count). The smallest absolute Gasteiger partial charge is 0.337 e. The van der Waals surface area contributed by atoms with Crippen molar-refractivity contribution in [1.29, 1.82) is 0 Å². The minimum absolute atomic E-state index is 0.370. The minimum atomic E-state index is -0.370. The third kappa shape index (κ3) is 4.51. The van der Waals surface area contributed by atoms with Gasteiger partial charge in [-0.2, -0.15) is 4.98 Å². The lowest BCUT2D eigenvalue weighted by atomic mass is 10.2. The highest BCUT2D eigenvalue weighted by Gasteiger charge is 2.05. The molecule has 1 aromatic carbocycles. The maximum Gasteiger partial charge on any atom is 0.337 e. The summed E-state index contributed by atoms with van der Waals surface area (Å²) in [5.41, 5.74) is 2.38. The van der Waals surface area contributed by atoms with Gasteiger partial charge in [-0.1, -0.05) is 0 Å². The molecule has 0 fully saturated rings. The molecule has 0 aliphatic rings. The molecule has 0 aliphatic carbocycles. The van der Waals surface area contributed by atoms with Gasteiger partial charge in [0.2, 0.25) is 5.95 Å². The fourth-order valence-electron chi connectivity index (χ4n) is 2.15. The Hall–Kier alpha value is -3.48. The monoisotopic (exact) mass is 335 g/mol. The van der Waals surface area contributed by atoms with Crippen LogP contribution in [-0.4, -0.2) is 28.0 Å². The van der Waals surface area contributed by atoms with Crippen LogP contribution in [0.2, 0.25) is 0 Å². The number of methoxy groups -OCH3 is 1. The van der Waals surface area contributed by atoms with Gasteiger partial charge in [0.05, 0.1) is 12.7 Å². The first-order valence-electron chi connectivity index (χ1n) is 7.66. The Bertz CT molecular complexity index is 838. The molecule has 7 nitrogen and oxygen atoms in total. The average molecular weight is 335 g/mol. The number of nitrogens with one attached hydrogen (secondary N) is 2. The number of hydrogen-bond acceptors (Lipinski definition) is 7. The van der Waals surface area contributed by atoms with Gasteiger partial charge in [0.25, 0.3) is 0 Å². The fourth-order valence-corrected chi connectivity index (χ4v) is 2.15. The number of pyridine rings is 1. The van der Waals surface area contributed by atoms with E-state index in [1.807, 2.05) is 12.1 Å². The normalized spacial score (nSPS) is 10.1. The third-order valence-electron chi connectivity index (χ3n) is 3.44. The number of aromatic nitrogens is 3. The van der Waals surface area contributed by atoms with Crippen LogP contribution in [0, 0.1) is 0 Å². The van der Waals surface area contributed by atoms with Crippen molar-refractivity contribution in [2.45, 2.75) is 6.54 Å². The summed E-state index contributed by atoms with van der Waals surface area (Å²) in [4.78, 5) is 24.0. The van der Waals surface area contributed by atoms with Crippen molar-refractivity contribution in [2.24, 2.45) is 0 Å². The summed E-state index contributed by atoms with van der Waals surface area (Å²) in [5, 5.41) is 6.34. The number of hydrogen-bond donors (Lipinski definition) is 2. The molecule has 3 aromatic rings. The molecule has 0 saturated carbocycles. The van der Waals surface area contributed by atoms with Gasteiger partial charge < -0.3 is 15.4 Å². The van der Waals surface area contributed by atoms with Crippen molar-refractivity contribution >= 4 is 23.4 Å². The van der Waals surface area contributed by atoms with E-state index in [1.54, 1.807) is 48.9 Å². The van der Waals surface area contributed by atoms with Crippen molar-refractivity contribution in [3.8, 4) is 0 Å². The lowest BCUT2D eigenvalue weighted by molar-refractivity contribution is 0.0601. The van der Waals surface area contributed by atoms with Gasteiger partial charge in [-0.15, -0.1) is 0 Å². The number of rotatable bonds is 6. The zero-order valence-electron chi connectivity index (χ0n) is 13.6. The minimum Gasteiger partial charge on any atom is -0.465 e. The molecule has 2 heterocycles. The average Bonchev–Trinajstić information content (AvgIpc) is 2.67. The third-order valence-corrected chi connectivity index (χ3v) is 3.44. The van der Waals surface area contributed by atoms with E-state index in [9.17, 15) is 4.79 Å². The van der Waals surface area contributed by atoms with Gasteiger partial charge in [-0.3, -0.25) is 4.98 Å². The Balaban J connectivity index is 1.64. The van der Waals surface area contributed by atoms with Crippen molar-refractivity contribution in [2.75, 3.05) is 17.7 Å². The van der Waals surface area contributed by atoms with Crippen LogP contribution in [0.3, 0.4) is 0 Å². The topological polar surface area (TPSA) is 89.0 Å². The van der Waals surface area contributed by atoms with Crippen LogP contribution in [0.5, 0.6) is 0 Å². The predicted octanol–water partition coefficient (Wildman–Crippen LogP) is 3.01. The van der Waals surface area contributed by atoms with Crippen LogP contribution < -0.4 is 10.6 Å². The quantitative estimate of drug-likeness (QED) is 0.669. The highest BCUT2D eigenvalue weighted by atomic mass is 16.5. The van der Waals surface area contributed by atoms with Crippen LogP contribution in [0.25, 0.3) is 0 Å². The fraction of sp³-hybridized carbons (Fsp3) is 0.111. The molecule has 7 heteroatoms.